The van der Waals surface area contributed by atoms with Crippen molar-refractivity contribution < 1.29 is 0 Å². The van der Waals surface area contributed by atoms with Gasteiger partial charge in [-0.2, -0.15) is 5.10 Å². The molecule has 1 N–H and O–H groups in total. The van der Waals surface area contributed by atoms with Gasteiger partial charge in [0.25, 0.3) is 0 Å². The van der Waals surface area contributed by atoms with E-state index >= 15 is 0 Å². The first-order chi connectivity index (χ1) is 10.4. The van der Waals surface area contributed by atoms with Crippen LogP contribution >= 0.6 is 11.8 Å². The largest absolute Gasteiger partial charge is 0.284 e. The van der Waals surface area contributed by atoms with Gasteiger partial charge in [-0.25, -0.2) is 0 Å². The van der Waals surface area contributed by atoms with Crippen molar-refractivity contribution in [3.63, 3.8) is 0 Å². The first-order valence-electron chi connectivity index (χ1n) is 6.72. The van der Waals surface area contributed by atoms with Gasteiger partial charge in [0, 0.05) is 29.9 Å². The third-order valence-corrected chi connectivity index (χ3v) is 3.97. The van der Waals surface area contributed by atoms with Gasteiger partial charge in [-0.3, -0.25) is 10.1 Å². The molecule has 3 nitrogen and oxygen atoms in total. The second kappa shape index (κ2) is 6.90. The standard InChI is InChI=1S/C17H15N3S/c1-2-6-14(7-3-1)8-5-11-21-16-13-19-20-17(16)15-9-4-10-18-12-15/h1-10,12-13H,11H2,(H,19,20). The SMILES string of the molecule is C(=Cc1ccccc1)CSc1c[nH]nc1-c1cccnc1. The molecule has 21 heavy (non-hydrogen) atoms. The lowest BCUT2D eigenvalue weighted by Crippen LogP contribution is -1.82. The molecule has 4 heteroatoms. The number of H-pyrrole nitrogens is 1. The summed E-state index contributed by atoms with van der Waals surface area (Å²) < 4.78 is 0. The van der Waals surface area contributed by atoms with Crippen molar-refractivity contribution in [2.75, 3.05) is 5.75 Å². The van der Waals surface area contributed by atoms with Crippen LogP contribution < -0.4 is 0 Å². The number of nitrogens with one attached hydrogen (secondary N) is 1. The Morgan fingerprint density at radius 1 is 1.10 bits per heavy atom. The highest BCUT2D eigenvalue weighted by molar-refractivity contribution is 7.99. The Morgan fingerprint density at radius 3 is 2.81 bits per heavy atom. The third-order valence-electron chi connectivity index (χ3n) is 2.99. The highest BCUT2D eigenvalue weighted by Gasteiger charge is 2.07. The van der Waals surface area contributed by atoms with E-state index in [4.69, 9.17) is 0 Å². The van der Waals surface area contributed by atoms with Crippen molar-refractivity contribution in [3.8, 4) is 11.3 Å². The van der Waals surface area contributed by atoms with Gasteiger partial charge in [-0.15, -0.1) is 11.8 Å². The molecule has 0 bridgehead atoms. The summed E-state index contributed by atoms with van der Waals surface area (Å²) >= 11 is 1.76. The number of hydrogen-bond donors (Lipinski definition) is 1. The van der Waals surface area contributed by atoms with E-state index in [1.54, 1.807) is 18.0 Å². The topological polar surface area (TPSA) is 41.6 Å². The number of rotatable bonds is 5. The summed E-state index contributed by atoms with van der Waals surface area (Å²) in [5.41, 5.74) is 3.22. The molecular weight excluding hydrogens is 278 g/mol. The van der Waals surface area contributed by atoms with Crippen molar-refractivity contribution in [2.24, 2.45) is 0 Å². The smallest absolute Gasteiger partial charge is 0.107 e. The maximum atomic E-state index is 4.31. The Hall–Kier alpha value is -2.33. The van der Waals surface area contributed by atoms with Crippen molar-refractivity contribution >= 4 is 17.8 Å². The van der Waals surface area contributed by atoms with Gasteiger partial charge in [0.2, 0.25) is 0 Å². The normalized spacial score (nSPS) is 11.0. The minimum Gasteiger partial charge on any atom is -0.284 e. The van der Waals surface area contributed by atoms with Gasteiger partial charge in [0.15, 0.2) is 0 Å². The monoisotopic (exact) mass is 293 g/mol. The zero-order chi connectivity index (χ0) is 14.3. The van der Waals surface area contributed by atoms with Crippen molar-refractivity contribution in [1.82, 2.24) is 15.2 Å². The van der Waals surface area contributed by atoms with E-state index in [9.17, 15) is 0 Å². The number of hydrogen-bond acceptors (Lipinski definition) is 3. The molecule has 0 unspecified atom stereocenters. The first kappa shape index (κ1) is 13.6. The van der Waals surface area contributed by atoms with Gasteiger partial charge < -0.3 is 0 Å². The number of aromatic nitrogens is 3. The molecular formula is C17H15N3S. The molecule has 0 radical (unpaired) electrons. The van der Waals surface area contributed by atoms with Crippen LogP contribution in [0, 0.1) is 0 Å². The summed E-state index contributed by atoms with van der Waals surface area (Å²) in [6, 6.07) is 14.3. The number of benzene rings is 1. The highest BCUT2D eigenvalue weighted by Crippen LogP contribution is 2.28. The summed E-state index contributed by atoms with van der Waals surface area (Å²) in [4.78, 5) is 5.28. The van der Waals surface area contributed by atoms with Crippen LogP contribution in [0.3, 0.4) is 0 Å². The summed E-state index contributed by atoms with van der Waals surface area (Å²) in [7, 11) is 0. The molecule has 104 valence electrons. The Morgan fingerprint density at radius 2 is 2.00 bits per heavy atom. The Balaban J connectivity index is 1.65. The van der Waals surface area contributed by atoms with Gasteiger partial charge in [0.05, 0.1) is 4.90 Å². The van der Waals surface area contributed by atoms with Crippen LogP contribution in [0.25, 0.3) is 17.3 Å². The Labute approximate surface area is 128 Å². The maximum absolute atomic E-state index is 4.31. The number of pyridine rings is 1. The zero-order valence-corrected chi connectivity index (χ0v) is 12.3. The van der Waals surface area contributed by atoms with E-state index in [1.807, 2.05) is 42.7 Å². The number of aromatic amines is 1. The first-order valence-corrected chi connectivity index (χ1v) is 7.70. The van der Waals surface area contributed by atoms with E-state index in [0.717, 1.165) is 21.9 Å². The molecule has 0 aliphatic rings. The second-order valence-electron chi connectivity index (χ2n) is 4.46. The summed E-state index contributed by atoms with van der Waals surface area (Å²) in [6.07, 6.45) is 9.84. The lowest BCUT2D eigenvalue weighted by molar-refractivity contribution is 1.09. The zero-order valence-electron chi connectivity index (χ0n) is 11.4. The van der Waals surface area contributed by atoms with Crippen LogP contribution in [0.5, 0.6) is 0 Å². The fourth-order valence-corrected chi connectivity index (χ4v) is 2.79. The lowest BCUT2D eigenvalue weighted by Gasteiger charge is -2.00. The predicted octanol–water partition coefficient (Wildman–Crippen LogP) is 4.28. The number of nitrogens with zero attached hydrogens (tertiary/aromatic N) is 2. The van der Waals surface area contributed by atoms with Crippen LogP contribution in [0.1, 0.15) is 5.56 Å². The molecule has 1 aromatic carbocycles. The Kier molecular flexibility index (Phi) is 4.49. The van der Waals surface area contributed by atoms with E-state index in [-0.39, 0.29) is 0 Å². The molecule has 0 atom stereocenters. The molecule has 0 fully saturated rings. The average molecular weight is 293 g/mol. The summed E-state index contributed by atoms with van der Waals surface area (Å²) in [5.74, 6) is 0.904. The molecule has 3 aromatic rings. The van der Waals surface area contributed by atoms with Crippen molar-refractivity contribution in [3.05, 3.63) is 72.7 Å². The van der Waals surface area contributed by atoms with Gasteiger partial charge in [-0.1, -0.05) is 42.5 Å². The highest BCUT2D eigenvalue weighted by atomic mass is 32.2. The van der Waals surface area contributed by atoms with E-state index < -0.39 is 0 Å². The number of thioether (sulfide) groups is 1. The minimum atomic E-state index is 0.904. The molecule has 2 heterocycles. The second-order valence-corrected chi connectivity index (χ2v) is 5.53. The van der Waals surface area contributed by atoms with Crippen LogP contribution in [0.4, 0.5) is 0 Å². The molecule has 0 amide bonds. The lowest BCUT2D eigenvalue weighted by atomic mass is 10.2. The average Bonchev–Trinajstić information content (AvgIpc) is 3.02. The molecule has 2 aromatic heterocycles. The van der Waals surface area contributed by atoms with E-state index in [0.29, 0.717) is 0 Å². The molecule has 0 spiro atoms. The summed E-state index contributed by atoms with van der Waals surface area (Å²) in [5, 5.41) is 7.25. The molecule has 0 aliphatic heterocycles. The van der Waals surface area contributed by atoms with Crippen molar-refractivity contribution in [2.45, 2.75) is 4.90 Å². The van der Waals surface area contributed by atoms with Crippen LogP contribution in [0.2, 0.25) is 0 Å². The van der Waals surface area contributed by atoms with Crippen LogP contribution in [0.15, 0.2) is 72.0 Å². The molecule has 0 saturated heterocycles. The summed E-state index contributed by atoms with van der Waals surface area (Å²) in [6.45, 7) is 0. The molecule has 3 rings (SSSR count). The predicted molar refractivity (Wildman–Crippen MR) is 88.0 cm³/mol. The fraction of sp³-hybridized carbons (Fsp3) is 0.0588. The Bertz CT molecular complexity index is 705. The molecule has 0 saturated carbocycles. The van der Waals surface area contributed by atoms with Crippen molar-refractivity contribution in [1.29, 1.82) is 0 Å². The van der Waals surface area contributed by atoms with E-state index in [2.05, 4.69) is 39.5 Å². The van der Waals surface area contributed by atoms with Gasteiger partial charge in [0.1, 0.15) is 5.69 Å². The third kappa shape index (κ3) is 3.61. The van der Waals surface area contributed by atoms with Gasteiger partial charge >= 0.3 is 0 Å². The maximum Gasteiger partial charge on any atom is 0.107 e. The van der Waals surface area contributed by atoms with Crippen LogP contribution in [-0.4, -0.2) is 20.9 Å². The fourth-order valence-electron chi connectivity index (χ4n) is 1.98. The molecule has 0 aliphatic carbocycles. The van der Waals surface area contributed by atoms with Gasteiger partial charge in [-0.05, 0) is 17.7 Å². The quantitative estimate of drug-likeness (QED) is 0.714. The minimum absolute atomic E-state index is 0.904. The van der Waals surface area contributed by atoms with E-state index in [1.165, 1.54) is 5.56 Å². The van der Waals surface area contributed by atoms with Crippen LogP contribution in [-0.2, 0) is 0 Å².